The van der Waals surface area contributed by atoms with Crippen LogP contribution in [0.3, 0.4) is 0 Å². The minimum atomic E-state index is 0.474. The normalized spacial score (nSPS) is 17.4. The van der Waals surface area contributed by atoms with Crippen molar-refractivity contribution >= 4 is 17.1 Å². The van der Waals surface area contributed by atoms with Gasteiger partial charge in [-0.05, 0) is 50.6 Å². The molecule has 2 aromatic carbocycles. The van der Waals surface area contributed by atoms with E-state index < -0.39 is 0 Å². The summed E-state index contributed by atoms with van der Waals surface area (Å²) in [6.07, 6.45) is 0. The fourth-order valence-corrected chi connectivity index (χ4v) is 3.23. The van der Waals surface area contributed by atoms with Gasteiger partial charge in [-0.1, -0.05) is 17.7 Å². The van der Waals surface area contributed by atoms with E-state index in [4.69, 9.17) is 0 Å². The van der Waals surface area contributed by atoms with E-state index in [-0.39, 0.29) is 0 Å². The standard InChI is InChI=1S/C20H24N4/c1-14-4-7-18(8-5-14)23-20-16(3)19(9-6-17(20)12-21)24-11-10-22-15(2)13-24/h4-9,15,22-23H,10-11,13H2,1-3H3. The van der Waals surface area contributed by atoms with Gasteiger partial charge in [-0.2, -0.15) is 5.26 Å². The maximum Gasteiger partial charge on any atom is 0.101 e. The predicted octanol–water partition coefficient (Wildman–Crippen LogP) is 3.72. The van der Waals surface area contributed by atoms with E-state index in [9.17, 15) is 5.26 Å². The Morgan fingerprint density at radius 1 is 1.17 bits per heavy atom. The Labute approximate surface area is 144 Å². The number of hydrogen-bond donors (Lipinski definition) is 2. The van der Waals surface area contributed by atoms with E-state index >= 15 is 0 Å². The average Bonchev–Trinajstić information content (AvgIpc) is 2.58. The fourth-order valence-electron chi connectivity index (χ4n) is 3.23. The number of nitrogens with one attached hydrogen (secondary N) is 2. The third-order valence-corrected chi connectivity index (χ3v) is 4.59. The number of nitriles is 1. The molecular formula is C20H24N4. The lowest BCUT2D eigenvalue weighted by atomic mass is 10.0. The summed E-state index contributed by atoms with van der Waals surface area (Å²) < 4.78 is 0. The summed E-state index contributed by atoms with van der Waals surface area (Å²) in [5, 5.41) is 16.4. The molecule has 0 aliphatic carbocycles. The van der Waals surface area contributed by atoms with Crippen molar-refractivity contribution in [2.45, 2.75) is 26.8 Å². The maximum atomic E-state index is 9.49. The number of aryl methyl sites for hydroxylation is 1. The van der Waals surface area contributed by atoms with Crippen LogP contribution < -0.4 is 15.5 Å². The molecule has 1 aliphatic heterocycles. The summed E-state index contributed by atoms with van der Waals surface area (Å²) in [6.45, 7) is 9.33. The lowest BCUT2D eigenvalue weighted by Crippen LogP contribution is -2.49. The molecule has 4 nitrogen and oxygen atoms in total. The van der Waals surface area contributed by atoms with Crippen molar-refractivity contribution in [1.29, 1.82) is 5.26 Å². The van der Waals surface area contributed by atoms with E-state index in [0.29, 0.717) is 11.6 Å². The Bertz CT molecular complexity index is 758. The monoisotopic (exact) mass is 320 g/mol. The van der Waals surface area contributed by atoms with E-state index in [1.807, 2.05) is 6.07 Å². The first-order chi connectivity index (χ1) is 11.6. The second kappa shape index (κ2) is 6.94. The van der Waals surface area contributed by atoms with Crippen molar-refractivity contribution in [3.63, 3.8) is 0 Å². The van der Waals surface area contributed by atoms with Gasteiger partial charge >= 0.3 is 0 Å². The molecule has 0 aromatic heterocycles. The molecule has 0 spiro atoms. The van der Waals surface area contributed by atoms with Gasteiger partial charge in [0.15, 0.2) is 0 Å². The first-order valence-electron chi connectivity index (χ1n) is 8.44. The molecule has 24 heavy (non-hydrogen) atoms. The van der Waals surface area contributed by atoms with Crippen LogP contribution in [0.5, 0.6) is 0 Å². The zero-order chi connectivity index (χ0) is 17.1. The van der Waals surface area contributed by atoms with E-state index in [1.54, 1.807) is 0 Å². The largest absolute Gasteiger partial charge is 0.368 e. The molecular weight excluding hydrogens is 296 g/mol. The van der Waals surface area contributed by atoms with Crippen LogP contribution in [0, 0.1) is 25.2 Å². The van der Waals surface area contributed by atoms with E-state index in [2.05, 4.69) is 72.7 Å². The molecule has 1 unspecified atom stereocenters. The molecule has 0 bridgehead atoms. The van der Waals surface area contributed by atoms with Crippen molar-refractivity contribution in [3.8, 4) is 6.07 Å². The molecule has 124 valence electrons. The van der Waals surface area contributed by atoms with Gasteiger partial charge in [0.05, 0.1) is 11.3 Å². The molecule has 4 heteroatoms. The number of hydrogen-bond acceptors (Lipinski definition) is 4. The van der Waals surface area contributed by atoms with Crippen molar-refractivity contribution in [2.24, 2.45) is 0 Å². The lowest BCUT2D eigenvalue weighted by Gasteiger charge is -2.35. The summed E-state index contributed by atoms with van der Waals surface area (Å²) in [5.74, 6) is 0. The molecule has 1 fully saturated rings. The Hall–Kier alpha value is -2.51. The Morgan fingerprint density at radius 2 is 1.92 bits per heavy atom. The second-order valence-electron chi connectivity index (χ2n) is 6.54. The van der Waals surface area contributed by atoms with E-state index in [1.165, 1.54) is 11.3 Å². The minimum Gasteiger partial charge on any atom is -0.368 e. The van der Waals surface area contributed by atoms with Gasteiger partial charge in [0.2, 0.25) is 0 Å². The topological polar surface area (TPSA) is 51.1 Å². The first-order valence-corrected chi connectivity index (χ1v) is 8.44. The molecule has 1 heterocycles. The molecule has 2 aromatic rings. The summed E-state index contributed by atoms with van der Waals surface area (Å²) >= 11 is 0. The molecule has 0 amide bonds. The summed E-state index contributed by atoms with van der Waals surface area (Å²) in [5.41, 5.74) is 6.15. The molecule has 1 aliphatic rings. The number of nitrogens with zero attached hydrogens (tertiary/aromatic N) is 2. The van der Waals surface area contributed by atoms with Crippen LogP contribution in [0.1, 0.15) is 23.6 Å². The Kier molecular flexibility index (Phi) is 4.73. The van der Waals surface area contributed by atoms with Crippen LogP contribution in [0.2, 0.25) is 0 Å². The maximum absolute atomic E-state index is 9.49. The van der Waals surface area contributed by atoms with Gasteiger partial charge < -0.3 is 15.5 Å². The molecule has 2 N–H and O–H groups in total. The third-order valence-electron chi connectivity index (χ3n) is 4.59. The van der Waals surface area contributed by atoms with Crippen LogP contribution in [-0.2, 0) is 0 Å². The van der Waals surface area contributed by atoms with Gasteiger partial charge in [-0.3, -0.25) is 0 Å². The summed E-state index contributed by atoms with van der Waals surface area (Å²) in [7, 11) is 0. The van der Waals surface area contributed by atoms with Crippen LogP contribution in [0.15, 0.2) is 36.4 Å². The van der Waals surface area contributed by atoms with Crippen LogP contribution in [0.25, 0.3) is 0 Å². The highest BCUT2D eigenvalue weighted by Crippen LogP contribution is 2.32. The van der Waals surface area contributed by atoms with Crippen LogP contribution >= 0.6 is 0 Å². The van der Waals surface area contributed by atoms with Crippen LogP contribution in [0.4, 0.5) is 17.1 Å². The summed E-state index contributed by atoms with van der Waals surface area (Å²) in [6, 6.07) is 15.0. The lowest BCUT2D eigenvalue weighted by molar-refractivity contribution is 0.484. The molecule has 0 radical (unpaired) electrons. The van der Waals surface area contributed by atoms with Crippen molar-refractivity contribution in [1.82, 2.24) is 5.32 Å². The first kappa shape index (κ1) is 16.4. The Balaban J connectivity index is 1.96. The van der Waals surface area contributed by atoms with Crippen molar-refractivity contribution < 1.29 is 0 Å². The van der Waals surface area contributed by atoms with Gasteiger partial charge in [0.1, 0.15) is 6.07 Å². The average molecular weight is 320 g/mol. The highest BCUT2D eigenvalue weighted by Gasteiger charge is 2.20. The highest BCUT2D eigenvalue weighted by atomic mass is 15.2. The van der Waals surface area contributed by atoms with Gasteiger partial charge in [0.25, 0.3) is 0 Å². The smallest absolute Gasteiger partial charge is 0.101 e. The van der Waals surface area contributed by atoms with E-state index in [0.717, 1.165) is 36.6 Å². The molecule has 3 rings (SSSR count). The number of benzene rings is 2. The zero-order valence-corrected chi connectivity index (χ0v) is 14.6. The fraction of sp³-hybridized carbons (Fsp3) is 0.350. The van der Waals surface area contributed by atoms with Gasteiger partial charge in [0, 0.05) is 37.1 Å². The van der Waals surface area contributed by atoms with Crippen molar-refractivity contribution in [2.75, 3.05) is 29.9 Å². The number of rotatable bonds is 3. The number of anilines is 3. The quantitative estimate of drug-likeness (QED) is 0.905. The number of piperazine rings is 1. The predicted molar refractivity (Wildman–Crippen MR) is 100 cm³/mol. The Morgan fingerprint density at radius 3 is 2.58 bits per heavy atom. The third kappa shape index (κ3) is 3.37. The molecule has 1 saturated heterocycles. The van der Waals surface area contributed by atoms with Gasteiger partial charge in [-0.15, -0.1) is 0 Å². The highest BCUT2D eigenvalue weighted by molar-refractivity contribution is 5.76. The molecule has 1 atom stereocenters. The summed E-state index contributed by atoms with van der Waals surface area (Å²) in [4.78, 5) is 2.40. The minimum absolute atomic E-state index is 0.474. The molecule has 0 saturated carbocycles. The zero-order valence-electron chi connectivity index (χ0n) is 14.6. The van der Waals surface area contributed by atoms with Gasteiger partial charge in [-0.25, -0.2) is 0 Å². The second-order valence-corrected chi connectivity index (χ2v) is 6.54. The van der Waals surface area contributed by atoms with Crippen molar-refractivity contribution in [3.05, 3.63) is 53.1 Å². The SMILES string of the molecule is Cc1ccc(Nc2c(C#N)ccc(N3CCNC(C)C3)c2C)cc1. The van der Waals surface area contributed by atoms with Crippen LogP contribution in [-0.4, -0.2) is 25.7 Å².